The maximum absolute atomic E-state index is 2.60. The third kappa shape index (κ3) is 6.77. The molecule has 0 N–H and O–H groups in total. The molecule has 2 aliphatic rings. The fraction of sp³-hybridized carbons (Fsp3) is 0.400. The Balaban J connectivity index is 1.02. The highest BCUT2D eigenvalue weighted by atomic mass is 15.3. The molecule has 5 rings (SSSR count). The summed E-state index contributed by atoms with van der Waals surface area (Å²) in [5.41, 5.74) is 5.72. The Kier molecular flexibility index (Phi) is 8.05. The summed E-state index contributed by atoms with van der Waals surface area (Å²) in [6, 6.07) is 31.1. The van der Waals surface area contributed by atoms with Crippen molar-refractivity contribution in [3.05, 3.63) is 107 Å². The van der Waals surface area contributed by atoms with Crippen LogP contribution in [-0.4, -0.2) is 72.0 Å². The second-order valence-corrected chi connectivity index (χ2v) is 9.89. The summed E-state index contributed by atoms with van der Waals surface area (Å²) in [6.07, 6.45) is 0. The maximum atomic E-state index is 2.60. The van der Waals surface area contributed by atoms with E-state index in [2.05, 4.69) is 105 Å². The molecule has 0 unspecified atom stereocenters. The van der Waals surface area contributed by atoms with Gasteiger partial charge in [-0.1, -0.05) is 84.9 Å². The lowest BCUT2D eigenvalue weighted by molar-refractivity contribution is 0.121. The Bertz CT molecular complexity index is 891. The molecule has 0 bridgehead atoms. The SMILES string of the molecule is c1ccc(CN2CCN(Cc3ccc(CN4CCN(Cc5ccccc5)CC4)cc3)CC2)cc1. The van der Waals surface area contributed by atoms with Crippen LogP contribution < -0.4 is 0 Å². The number of nitrogens with zero attached hydrogens (tertiary/aromatic N) is 4. The average molecular weight is 455 g/mol. The topological polar surface area (TPSA) is 13.0 Å². The Hall–Kier alpha value is -2.50. The van der Waals surface area contributed by atoms with Crippen molar-refractivity contribution in [1.29, 1.82) is 0 Å². The Morgan fingerprint density at radius 1 is 0.324 bits per heavy atom. The summed E-state index contributed by atoms with van der Waals surface area (Å²) in [4.78, 5) is 10.4. The Morgan fingerprint density at radius 3 is 0.824 bits per heavy atom. The molecule has 2 aliphatic heterocycles. The normalized spacial score (nSPS) is 18.8. The maximum Gasteiger partial charge on any atom is 0.0234 e. The summed E-state index contributed by atoms with van der Waals surface area (Å²) >= 11 is 0. The van der Waals surface area contributed by atoms with Crippen LogP contribution in [0.4, 0.5) is 0 Å². The van der Waals surface area contributed by atoms with E-state index < -0.39 is 0 Å². The molecule has 0 aliphatic carbocycles. The highest BCUT2D eigenvalue weighted by Gasteiger charge is 2.18. The molecule has 2 fully saturated rings. The standard InChI is InChI=1S/C30H38N4/c1-3-7-27(8-4-1)23-31-15-19-33(20-16-31)25-29-11-13-30(14-12-29)26-34-21-17-32(18-22-34)24-28-9-5-2-6-10-28/h1-14H,15-26H2. The molecular weight excluding hydrogens is 416 g/mol. The number of hydrogen-bond acceptors (Lipinski definition) is 4. The lowest BCUT2D eigenvalue weighted by Crippen LogP contribution is -2.45. The molecule has 3 aromatic carbocycles. The van der Waals surface area contributed by atoms with Crippen molar-refractivity contribution >= 4 is 0 Å². The number of piperazine rings is 2. The van der Waals surface area contributed by atoms with Crippen LogP contribution in [0.25, 0.3) is 0 Å². The second-order valence-electron chi connectivity index (χ2n) is 9.89. The minimum absolute atomic E-state index is 1.07. The molecule has 34 heavy (non-hydrogen) atoms. The van der Waals surface area contributed by atoms with Gasteiger partial charge < -0.3 is 0 Å². The van der Waals surface area contributed by atoms with Crippen LogP contribution in [0.1, 0.15) is 22.3 Å². The summed E-state index contributed by atoms with van der Waals surface area (Å²) < 4.78 is 0. The van der Waals surface area contributed by atoms with Crippen molar-refractivity contribution < 1.29 is 0 Å². The van der Waals surface area contributed by atoms with Gasteiger partial charge in [-0.05, 0) is 22.3 Å². The highest BCUT2D eigenvalue weighted by molar-refractivity contribution is 5.23. The Labute approximate surface area is 205 Å². The van der Waals surface area contributed by atoms with Gasteiger partial charge in [-0.25, -0.2) is 0 Å². The molecule has 0 aromatic heterocycles. The smallest absolute Gasteiger partial charge is 0.0234 e. The van der Waals surface area contributed by atoms with E-state index in [1.54, 1.807) is 0 Å². The van der Waals surface area contributed by atoms with Gasteiger partial charge in [0, 0.05) is 78.5 Å². The highest BCUT2D eigenvalue weighted by Crippen LogP contribution is 2.15. The zero-order valence-corrected chi connectivity index (χ0v) is 20.4. The first kappa shape index (κ1) is 23.3. The molecule has 0 atom stereocenters. The van der Waals surface area contributed by atoms with Gasteiger partial charge in [-0.15, -0.1) is 0 Å². The van der Waals surface area contributed by atoms with Crippen molar-refractivity contribution in [3.63, 3.8) is 0 Å². The van der Waals surface area contributed by atoms with Crippen LogP contribution in [0.15, 0.2) is 84.9 Å². The van der Waals surface area contributed by atoms with E-state index in [4.69, 9.17) is 0 Å². The van der Waals surface area contributed by atoms with Crippen LogP contribution in [0.2, 0.25) is 0 Å². The van der Waals surface area contributed by atoms with E-state index in [-0.39, 0.29) is 0 Å². The van der Waals surface area contributed by atoms with Gasteiger partial charge in [-0.3, -0.25) is 19.6 Å². The monoisotopic (exact) mass is 454 g/mol. The fourth-order valence-electron chi connectivity index (χ4n) is 5.16. The van der Waals surface area contributed by atoms with Crippen molar-refractivity contribution in [1.82, 2.24) is 19.6 Å². The van der Waals surface area contributed by atoms with Gasteiger partial charge in [0.2, 0.25) is 0 Å². The minimum Gasteiger partial charge on any atom is -0.297 e. The van der Waals surface area contributed by atoms with Gasteiger partial charge in [0.1, 0.15) is 0 Å². The van der Waals surface area contributed by atoms with Gasteiger partial charge in [0.05, 0.1) is 0 Å². The van der Waals surface area contributed by atoms with E-state index in [1.165, 1.54) is 22.3 Å². The molecule has 2 saturated heterocycles. The third-order valence-electron chi connectivity index (χ3n) is 7.26. The fourth-order valence-corrected chi connectivity index (χ4v) is 5.16. The van der Waals surface area contributed by atoms with Crippen LogP contribution in [0.3, 0.4) is 0 Å². The molecule has 178 valence electrons. The zero-order chi connectivity index (χ0) is 23.0. The van der Waals surface area contributed by atoms with Crippen molar-refractivity contribution in [2.45, 2.75) is 26.2 Å². The first-order chi connectivity index (χ1) is 16.8. The largest absolute Gasteiger partial charge is 0.297 e. The molecule has 4 nitrogen and oxygen atoms in total. The minimum atomic E-state index is 1.07. The number of rotatable bonds is 8. The molecule has 0 saturated carbocycles. The van der Waals surface area contributed by atoms with E-state index in [0.29, 0.717) is 0 Å². The molecule has 2 heterocycles. The summed E-state index contributed by atoms with van der Waals surface area (Å²) in [5.74, 6) is 0. The lowest BCUT2D eigenvalue weighted by Gasteiger charge is -2.35. The van der Waals surface area contributed by atoms with Crippen molar-refractivity contribution in [2.24, 2.45) is 0 Å². The first-order valence-electron chi connectivity index (χ1n) is 12.9. The number of benzene rings is 3. The van der Waals surface area contributed by atoms with Crippen LogP contribution in [-0.2, 0) is 26.2 Å². The quantitative estimate of drug-likeness (QED) is 0.502. The molecule has 3 aromatic rings. The average Bonchev–Trinajstić information content (AvgIpc) is 2.89. The number of hydrogen-bond donors (Lipinski definition) is 0. The van der Waals surface area contributed by atoms with Crippen LogP contribution in [0, 0.1) is 0 Å². The molecule has 0 amide bonds. The Morgan fingerprint density at radius 2 is 0.559 bits per heavy atom. The third-order valence-corrected chi connectivity index (χ3v) is 7.26. The molecule has 4 heteroatoms. The van der Waals surface area contributed by atoms with Crippen molar-refractivity contribution in [2.75, 3.05) is 52.4 Å². The molecular formula is C30H38N4. The van der Waals surface area contributed by atoms with E-state index in [9.17, 15) is 0 Å². The van der Waals surface area contributed by atoms with E-state index >= 15 is 0 Å². The zero-order valence-electron chi connectivity index (χ0n) is 20.4. The van der Waals surface area contributed by atoms with Gasteiger partial charge >= 0.3 is 0 Å². The predicted molar refractivity (Wildman–Crippen MR) is 140 cm³/mol. The second kappa shape index (κ2) is 11.8. The summed E-state index contributed by atoms with van der Waals surface area (Å²) in [7, 11) is 0. The van der Waals surface area contributed by atoms with E-state index in [0.717, 1.165) is 78.5 Å². The summed E-state index contributed by atoms with van der Waals surface area (Å²) in [5, 5.41) is 0. The van der Waals surface area contributed by atoms with Gasteiger partial charge in [-0.2, -0.15) is 0 Å². The predicted octanol–water partition coefficient (Wildman–Crippen LogP) is 4.32. The lowest BCUT2D eigenvalue weighted by atomic mass is 10.1. The van der Waals surface area contributed by atoms with E-state index in [1.807, 2.05) is 0 Å². The first-order valence-corrected chi connectivity index (χ1v) is 12.9. The van der Waals surface area contributed by atoms with Gasteiger partial charge in [0.15, 0.2) is 0 Å². The van der Waals surface area contributed by atoms with Gasteiger partial charge in [0.25, 0.3) is 0 Å². The van der Waals surface area contributed by atoms with Crippen LogP contribution in [0.5, 0.6) is 0 Å². The van der Waals surface area contributed by atoms with Crippen molar-refractivity contribution in [3.8, 4) is 0 Å². The summed E-state index contributed by atoms with van der Waals surface area (Å²) in [6.45, 7) is 13.5. The molecule has 0 radical (unpaired) electrons. The molecule has 0 spiro atoms. The van der Waals surface area contributed by atoms with Crippen LogP contribution >= 0.6 is 0 Å².